The van der Waals surface area contributed by atoms with Gasteiger partial charge in [0.1, 0.15) is 18.1 Å². The monoisotopic (exact) mass is 819 g/mol. The number of rotatable bonds is 14. The van der Waals surface area contributed by atoms with E-state index in [1.54, 1.807) is 78.9 Å². The number of thioether (sulfide) groups is 1. The fourth-order valence-corrected chi connectivity index (χ4v) is 6.95. The smallest absolute Gasteiger partial charge is 0.267 e. The third-order valence-electron chi connectivity index (χ3n) is 7.75. The van der Waals surface area contributed by atoms with E-state index in [2.05, 4.69) is 15.5 Å². The number of furan rings is 1. The molecule has 0 aliphatic carbocycles. The van der Waals surface area contributed by atoms with E-state index in [9.17, 15) is 18.0 Å². The Morgan fingerprint density at radius 1 is 0.964 bits per heavy atom. The molecule has 0 saturated carbocycles. The average Bonchev–Trinajstić information content (AvgIpc) is 3.78. The molecule has 2 amide bonds. The largest absolute Gasteiger partial charge is 0.493 e. The molecule has 0 radical (unpaired) electrons. The Hall–Kier alpha value is -5.58. The van der Waals surface area contributed by atoms with E-state index in [0.29, 0.717) is 59.9 Å². The van der Waals surface area contributed by atoms with E-state index < -0.39 is 15.9 Å². The first-order chi connectivity index (χ1) is 26.5. The summed E-state index contributed by atoms with van der Waals surface area (Å²) in [5, 5.41) is 17.8. The highest BCUT2D eigenvalue weighted by Crippen LogP contribution is 2.36. The lowest BCUT2D eigenvalue weighted by Crippen LogP contribution is -2.28. The minimum atomic E-state index is -3.87. The Labute approximate surface area is 330 Å². The van der Waals surface area contributed by atoms with Crippen molar-refractivity contribution in [1.29, 1.82) is 0 Å². The average molecular weight is 821 g/mol. The molecule has 1 aliphatic heterocycles. The van der Waals surface area contributed by atoms with Crippen molar-refractivity contribution in [2.24, 2.45) is 15.3 Å². The van der Waals surface area contributed by atoms with Crippen LogP contribution in [0.15, 0.2) is 128 Å². The number of anilines is 1. The number of halogens is 2. The quantitative estimate of drug-likeness (QED) is 0.0660. The third-order valence-corrected chi connectivity index (χ3v) is 10.3. The summed E-state index contributed by atoms with van der Waals surface area (Å²) >= 11 is 13.4. The molecule has 2 heterocycles. The Balaban J connectivity index is 1.16. The van der Waals surface area contributed by atoms with Gasteiger partial charge in [-0.25, -0.2) is 13.6 Å². The van der Waals surface area contributed by atoms with Crippen LogP contribution in [-0.2, 0) is 32.8 Å². The maximum Gasteiger partial charge on any atom is 0.267 e. The number of primary sulfonamides is 1. The number of ether oxygens (including phenoxy) is 3. The molecule has 1 saturated heterocycles. The van der Waals surface area contributed by atoms with Crippen molar-refractivity contribution in [3.8, 4) is 17.2 Å². The van der Waals surface area contributed by atoms with Gasteiger partial charge in [-0.2, -0.15) is 5.10 Å². The summed E-state index contributed by atoms with van der Waals surface area (Å²) in [4.78, 5) is 28.1. The van der Waals surface area contributed by atoms with Crippen LogP contribution in [0.1, 0.15) is 22.5 Å². The molecular weight excluding hydrogens is 789 g/mol. The number of nitrogens with one attached hydrogen (secondary N) is 1. The number of carbonyl (C=O) groups is 2. The summed E-state index contributed by atoms with van der Waals surface area (Å²) in [5.41, 5.74) is 2.33. The van der Waals surface area contributed by atoms with Gasteiger partial charge < -0.3 is 23.9 Å². The second-order valence-corrected chi connectivity index (χ2v) is 15.0. The van der Waals surface area contributed by atoms with Gasteiger partial charge >= 0.3 is 0 Å². The SMILES string of the molecule is COc1cc(/C=N/N=C2\S/C(=C\c3ccccc3OCC(=O)Nc3ccc(S(N)(=O)=O)cc3)C(=O)N2Cc2ccco2)ccc1OCc1ccc(Cl)cc1Cl. The van der Waals surface area contributed by atoms with E-state index in [1.807, 2.05) is 0 Å². The number of carbonyl (C=O) groups excluding carboxylic acids is 2. The van der Waals surface area contributed by atoms with Crippen LogP contribution in [0.25, 0.3) is 6.08 Å². The second kappa shape index (κ2) is 17.7. The van der Waals surface area contributed by atoms with Crippen molar-refractivity contribution < 1.29 is 36.6 Å². The van der Waals surface area contributed by atoms with Gasteiger partial charge in [0.05, 0.1) is 35.9 Å². The van der Waals surface area contributed by atoms with E-state index >= 15 is 0 Å². The van der Waals surface area contributed by atoms with E-state index in [-0.39, 0.29) is 30.6 Å². The van der Waals surface area contributed by atoms with E-state index in [0.717, 1.165) is 17.3 Å². The number of methoxy groups -OCH3 is 1. The van der Waals surface area contributed by atoms with Gasteiger partial charge in [0.15, 0.2) is 23.3 Å². The summed E-state index contributed by atoms with van der Waals surface area (Å²) < 4.78 is 45.8. The zero-order valence-electron chi connectivity index (χ0n) is 28.8. The van der Waals surface area contributed by atoms with E-state index in [4.69, 9.17) is 47.0 Å². The second-order valence-electron chi connectivity index (χ2n) is 11.6. The molecule has 13 nitrogen and oxygen atoms in total. The van der Waals surface area contributed by atoms with Gasteiger partial charge in [0.2, 0.25) is 10.0 Å². The molecule has 6 rings (SSSR count). The predicted octanol–water partition coefficient (Wildman–Crippen LogP) is 7.35. The van der Waals surface area contributed by atoms with Gasteiger partial charge in [-0.3, -0.25) is 14.5 Å². The van der Waals surface area contributed by atoms with E-state index in [1.165, 1.54) is 48.8 Å². The van der Waals surface area contributed by atoms with Crippen molar-refractivity contribution in [2.45, 2.75) is 18.0 Å². The molecule has 0 unspecified atom stereocenters. The fraction of sp³-hybridized carbons (Fsp3) is 0.105. The maximum atomic E-state index is 13.7. The number of amidine groups is 1. The number of sulfonamides is 1. The molecule has 282 valence electrons. The summed E-state index contributed by atoms with van der Waals surface area (Å²) in [5.74, 6) is 1.03. The van der Waals surface area contributed by atoms with Gasteiger partial charge in [0.25, 0.3) is 11.8 Å². The van der Waals surface area contributed by atoms with Crippen LogP contribution in [0.2, 0.25) is 10.0 Å². The van der Waals surface area contributed by atoms with Crippen LogP contribution in [0.5, 0.6) is 17.2 Å². The minimum Gasteiger partial charge on any atom is -0.493 e. The molecular formula is C38H31Cl2N5O8S2. The molecule has 55 heavy (non-hydrogen) atoms. The van der Waals surface area contributed by atoms with Gasteiger partial charge in [-0.15, -0.1) is 5.10 Å². The molecule has 5 aromatic rings. The topological polar surface area (TPSA) is 175 Å². The predicted molar refractivity (Wildman–Crippen MR) is 212 cm³/mol. The lowest BCUT2D eigenvalue weighted by molar-refractivity contribution is -0.122. The van der Waals surface area contributed by atoms with Crippen LogP contribution in [0.3, 0.4) is 0 Å². The standard InChI is InChI=1S/C38H31Cl2N5O8S2/c1-50-34-17-24(8-15-33(34)52-22-26-9-10-27(39)19-31(26)40)20-42-44-38-45(21-29-6-4-16-51-29)37(47)35(54-38)18-25-5-2-3-7-32(25)53-23-36(46)43-28-11-13-30(14-12-28)55(41,48)49/h2-20H,21-23H2,1H3,(H,43,46)(H2,41,48,49)/b35-18-,42-20+,44-38-. The number of nitrogens with two attached hydrogens (primary N) is 1. The molecule has 1 fully saturated rings. The molecule has 4 aromatic carbocycles. The third kappa shape index (κ3) is 10.3. The van der Waals surface area contributed by atoms with Crippen LogP contribution in [0, 0.1) is 0 Å². The van der Waals surface area contributed by atoms with Gasteiger partial charge in [-0.1, -0.05) is 47.5 Å². The highest BCUT2D eigenvalue weighted by atomic mass is 35.5. The van der Waals surface area contributed by atoms with Crippen molar-refractivity contribution >= 4 is 79.9 Å². The molecule has 1 aromatic heterocycles. The van der Waals surface area contributed by atoms with Gasteiger partial charge in [-0.05, 0) is 96.2 Å². The van der Waals surface area contributed by atoms with Crippen molar-refractivity contribution in [1.82, 2.24) is 4.90 Å². The number of amides is 2. The number of benzene rings is 4. The molecule has 0 bridgehead atoms. The first-order valence-electron chi connectivity index (χ1n) is 16.2. The highest BCUT2D eigenvalue weighted by Gasteiger charge is 2.34. The molecule has 3 N–H and O–H groups in total. The number of hydrogen-bond donors (Lipinski definition) is 2. The summed E-state index contributed by atoms with van der Waals surface area (Å²) in [7, 11) is -2.34. The number of para-hydroxylation sites is 1. The fourth-order valence-electron chi connectivity index (χ4n) is 5.04. The zero-order chi connectivity index (χ0) is 39.0. The van der Waals surface area contributed by atoms with Crippen molar-refractivity contribution in [3.63, 3.8) is 0 Å². The summed E-state index contributed by atoms with van der Waals surface area (Å²) in [6.45, 7) is -0.0501. The number of hydrogen-bond acceptors (Lipinski definition) is 11. The zero-order valence-corrected chi connectivity index (χ0v) is 32.0. The maximum absolute atomic E-state index is 13.7. The Bertz CT molecular complexity index is 2400. The van der Waals surface area contributed by atoms with Crippen LogP contribution in [-0.4, -0.2) is 50.2 Å². The highest BCUT2D eigenvalue weighted by molar-refractivity contribution is 8.18. The Kier molecular flexibility index (Phi) is 12.6. The normalized spacial score (nSPS) is 14.5. The summed E-state index contributed by atoms with van der Waals surface area (Å²) in [6, 6.07) is 26.2. The lowest BCUT2D eigenvalue weighted by atomic mass is 10.2. The molecule has 0 atom stereocenters. The van der Waals surface area contributed by atoms with Crippen LogP contribution < -0.4 is 24.7 Å². The Morgan fingerprint density at radius 2 is 1.76 bits per heavy atom. The van der Waals surface area contributed by atoms with Crippen molar-refractivity contribution in [2.75, 3.05) is 19.0 Å². The Morgan fingerprint density at radius 3 is 2.49 bits per heavy atom. The number of nitrogens with zero attached hydrogens (tertiary/aromatic N) is 3. The molecule has 0 spiro atoms. The first-order valence-corrected chi connectivity index (χ1v) is 19.3. The van der Waals surface area contributed by atoms with Crippen molar-refractivity contribution in [3.05, 3.63) is 141 Å². The molecule has 1 aliphatic rings. The summed E-state index contributed by atoms with van der Waals surface area (Å²) in [6.07, 6.45) is 4.69. The minimum absolute atomic E-state index is 0.0826. The first kappa shape index (κ1) is 39.1. The molecule has 17 heteroatoms. The van der Waals surface area contributed by atoms with Crippen LogP contribution in [0.4, 0.5) is 5.69 Å². The van der Waals surface area contributed by atoms with Gasteiger partial charge in [0, 0.05) is 26.9 Å². The lowest BCUT2D eigenvalue weighted by Gasteiger charge is -2.13. The van der Waals surface area contributed by atoms with Crippen LogP contribution >= 0.6 is 35.0 Å².